The molecule has 0 bridgehead atoms. The molecule has 1 N–H and O–H groups in total. The predicted molar refractivity (Wildman–Crippen MR) is 144 cm³/mol. The summed E-state index contributed by atoms with van der Waals surface area (Å²) in [7, 11) is 0. The smallest absolute Gasteiger partial charge is 0.318 e. The van der Waals surface area contributed by atoms with Crippen molar-refractivity contribution in [2.24, 2.45) is 0 Å². The second kappa shape index (κ2) is 11.5. The summed E-state index contributed by atoms with van der Waals surface area (Å²) in [5.74, 6) is 0.578. The van der Waals surface area contributed by atoms with Crippen LogP contribution in [-0.4, -0.2) is 32.6 Å². The third-order valence-electron chi connectivity index (χ3n) is 6.25. The Morgan fingerprint density at radius 1 is 1.03 bits per heavy atom. The van der Waals surface area contributed by atoms with E-state index in [-0.39, 0.29) is 17.1 Å². The number of nitrogens with one attached hydrogen (secondary N) is 1. The van der Waals surface area contributed by atoms with E-state index in [2.05, 4.69) is 19.2 Å². The highest BCUT2D eigenvalue weighted by molar-refractivity contribution is 5.78. The highest BCUT2D eigenvalue weighted by Crippen LogP contribution is 2.25. The van der Waals surface area contributed by atoms with Gasteiger partial charge in [0.15, 0.2) is 0 Å². The summed E-state index contributed by atoms with van der Waals surface area (Å²) < 4.78 is 1.72. The molecule has 0 fully saturated rings. The van der Waals surface area contributed by atoms with Crippen LogP contribution in [0.25, 0.3) is 16.6 Å². The molecule has 1 unspecified atom stereocenters. The van der Waals surface area contributed by atoms with E-state index >= 15 is 0 Å². The average molecular weight is 477 g/mol. The van der Waals surface area contributed by atoms with Crippen molar-refractivity contribution < 1.29 is 4.79 Å². The standard InChI is InChI=1S/C29H40N4O2/c1-7-9-10-15-20-32(28(35)31-29(4,5)6)21(3)26-30-24-18-13-12-17-23(24)27(34)33(26)25-19-14-11-16-22(25)8-2/h11-14,16-19,21H,7-10,15,20H2,1-6H3,(H,31,35). The van der Waals surface area contributed by atoms with Gasteiger partial charge in [-0.25, -0.2) is 9.78 Å². The maximum absolute atomic E-state index is 13.8. The molecular formula is C29H40N4O2. The molecule has 3 rings (SSSR count). The van der Waals surface area contributed by atoms with Crippen LogP contribution < -0.4 is 10.9 Å². The molecule has 188 valence electrons. The van der Waals surface area contributed by atoms with Gasteiger partial charge in [-0.1, -0.05) is 63.4 Å². The fraction of sp³-hybridized carbons (Fsp3) is 0.483. The van der Waals surface area contributed by atoms with E-state index in [0.717, 1.165) is 43.4 Å². The topological polar surface area (TPSA) is 67.2 Å². The Bertz CT molecular complexity index is 1210. The lowest BCUT2D eigenvalue weighted by atomic mass is 10.1. The number of para-hydroxylation sites is 2. The number of carbonyl (C=O) groups is 1. The van der Waals surface area contributed by atoms with E-state index in [9.17, 15) is 9.59 Å². The van der Waals surface area contributed by atoms with Crippen LogP contribution in [0.3, 0.4) is 0 Å². The van der Waals surface area contributed by atoms with E-state index in [1.54, 1.807) is 4.57 Å². The van der Waals surface area contributed by atoms with Gasteiger partial charge in [-0.2, -0.15) is 0 Å². The Hall–Kier alpha value is -3.15. The Morgan fingerprint density at radius 2 is 1.71 bits per heavy atom. The van der Waals surface area contributed by atoms with E-state index in [1.807, 2.05) is 81.1 Å². The Kier molecular flexibility index (Phi) is 8.71. The fourth-order valence-electron chi connectivity index (χ4n) is 4.40. The molecule has 1 aromatic heterocycles. The molecule has 1 heterocycles. The van der Waals surface area contributed by atoms with Crippen LogP contribution in [0, 0.1) is 0 Å². The second-order valence-electron chi connectivity index (χ2n) is 10.2. The van der Waals surface area contributed by atoms with Gasteiger partial charge in [0.05, 0.1) is 22.6 Å². The van der Waals surface area contributed by atoms with Crippen LogP contribution in [0.4, 0.5) is 4.79 Å². The van der Waals surface area contributed by atoms with Crippen LogP contribution in [-0.2, 0) is 6.42 Å². The SMILES string of the molecule is CCCCCCN(C(=O)NC(C)(C)C)C(C)c1nc2ccccc2c(=O)n1-c1ccccc1CC. The quantitative estimate of drug-likeness (QED) is 0.363. The second-order valence-corrected chi connectivity index (χ2v) is 10.2. The van der Waals surface area contributed by atoms with Gasteiger partial charge in [0.25, 0.3) is 5.56 Å². The molecule has 0 saturated heterocycles. The molecule has 2 amide bonds. The number of unbranched alkanes of at least 4 members (excludes halogenated alkanes) is 3. The number of carbonyl (C=O) groups excluding carboxylic acids is 1. The maximum atomic E-state index is 13.8. The van der Waals surface area contributed by atoms with Crippen molar-refractivity contribution in [3.8, 4) is 5.69 Å². The van der Waals surface area contributed by atoms with Gasteiger partial charge in [-0.05, 0) is 64.3 Å². The Labute approximate surface area is 209 Å². The number of fused-ring (bicyclic) bond motifs is 1. The van der Waals surface area contributed by atoms with Crippen molar-refractivity contribution in [3.63, 3.8) is 0 Å². The normalized spacial score (nSPS) is 12.5. The first-order valence-electron chi connectivity index (χ1n) is 12.9. The minimum absolute atomic E-state index is 0.111. The van der Waals surface area contributed by atoms with Crippen LogP contribution in [0.1, 0.15) is 84.7 Å². The lowest BCUT2D eigenvalue weighted by Crippen LogP contribution is -2.50. The maximum Gasteiger partial charge on any atom is 0.318 e. The monoisotopic (exact) mass is 476 g/mol. The number of benzene rings is 2. The lowest BCUT2D eigenvalue weighted by molar-refractivity contribution is 0.165. The van der Waals surface area contributed by atoms with Crippen LogP contribution in [0.15, 0.2) is 53.3 Å². The molecule has 3 aromatic rings. The number of amides is 2. The Morgan fingerprint density at radius 3 is 2.40 bits per heavy atom. The van der Waals surface area contributed by atoms with Crippen molar-refractivity contribution in [1.29, 1.82) is 0 Å². The van der Waals surface area contributed by atoms with Gasteiger partial charge in [0.1, 0.15) is 5.82 Å². The largest absolute Gasteiger partial charge is 0.333 e. The summed E-state index contributed by atoms with van der Waals surface area (Å²) in [4.78, 5) is 34.1. The van der Waals surface area contributed by atoms with Gasteiger partial charge < -0.3 is 10.2 Å². The summed E-state index contributed by atoms with van der Waals surface area (Å²) >= 11 is 0. The predicted octanol–water partition coefficient (Wildman–Crippen LogP) is 6.40. The molecule has 0 aliphatic carbocycles. The molecule has 2 aromatic carbocycles. The average Bonchev–Trinajstić information content (AvgIpc) is 2.82. The summed E-state index contributed by atoms with van der Waals surface area (Å²) in [6.45, 7) is 12.8. The first-order valence-corrected chi connectivity index (χ1v) is 12.9. The molecule has 35 heavy (non-hydrogen) atoms. The fourth-order valence-corrected chi connectivity index (χ4v) is 4.40. The van der Waals surface area contributed by atoms with Crippen LogP contribution in [0.5, 0.6) is 0 Å². The lowest BCUT2D eigenvalue weighted by Gasteiger charge is -2.33. The third-order valence-corrected chi connectivity index (χ3v) is 6.25. The summed E-state index contributed by atoms with van der Waals surface area (Å²) in [6.07, 6.45) is 5.00. The Balaban J connectivity index is 2.18. The summed E-state index contributed by atoms with van der Waals surface area (Å²) in [5.41, 5.74) is 2.05. The molecule has 0 saturated carbocycles. The van der Waals surface area contributed by atoms with Gasteiger partial charge in [-0.3, -0.25) is 9.36 Å². The van der Waals surface area contributed by atoms with Crippen molar-refractivity contribution >= 4 is 16.9 Å². The molecule has 6 nitrogen and oxygen atoms in total. The highest BCUT2D eigenvalue weighted by Gasteiger charge is 2.29. The minimum Gasteiger partial charge on any atom is -0.333 e. The van der Waals surface area contributed by atoms with Gasteiger partial charge in [0, 0.05) is 12.1 Å². The number of hydrogen-bond acceptors (Lipinski definition) is 3. The molecule has 6 heteroatoms. The molecule has 0 aliphatic heterocycles. The first-order chi connectivity index (χ1) is 16.7. The van der Waals surface area contributed by atoms with Gasteiger partial charge in [-0.15, -0.1) is 0 Å². The minimum atomic E-state index is -0.402. The van der Waals surface area contributed by atoms with Gasteiger partial charge >= 0.3 is 6.03 Å². The number of nitrogens with zero attached hydrogens (tertiary/aromatic N) is 3. The van der Waals surface area contributed by atoms with Crippen LogP contribution in [0.2, 0.25) is 0 Å². The molecule has 0 spiro atoms. The highest BCUT2D eigenvalue weighted by atomic mass is 16.2. The van der Waals surface area contributed by atoms with Crippen molar-refractivity contribution in [3.05, 3.63) is 70.3 Å². The zero-order valence-corrected chi connectivity index (χ0v) is 22.1. The number of aromatic nitrogens is 2. The molecule has 0 radical (unpaired) electrons. The summed E-state index contributed by atoms with van der Waals surface area (Å²) in [5, 5.41) is 3.69. The first kappa shape index (κ1) is 26.5. The number of rotatable bonds is 9. The van der Waals surface area contributed by atoms with E-state index in [4.69, 9.17) is 4.98 Å². The zero-order chi connectivity index (χ0) is 25.6. The third kappa shape index (κ3) is 6.30. The van der Waals surface area contributed by atoms with Crippen molar-refractivity contribution in [2.45, 2.75) is 85.2 Å². The summed E-state index contributed by atoms with van der Waals surface area (Å²) in [6, 6.07) is 14.8. The zero-order valence-electron chi connectivity index (χ0n) is 22.1. The van der Waals surface area contributed by atoms with Crippen molar-refractivity contribution in [2.75, 3.05) is 6.54 Å². The van der Waals surface area contributed by atoms with E-state index in [0.29, 0.717) is 23.3 Å². The van der Waals surface area contributed by atoms with E-state index in [1.165, 1.54) is 0 Å². The molecule has 1 atom stereocenters. The number of hydrogen-bond donors (Lipinski definition) is 1. The van der Waals surface area contributed by atoms with E-state index < -0.39 is 6.04 Å². The number of urea groups is 1. The number of aryl methyl sites for hydroxylation is 1. The molecular weight excluding hydrogens is 436 g/mol. The van der Waals surface area contributed by atoms with Crippen LogP contribution >= 0.6 is 0 Å². The van der Waals surface area contributed by atoms with Crippen molar-refractivity contribution in [1.82, 2.24) is 19.8 Å². The molecule has 0 aliphatic rings. The van der Waals surface area contributed by atoms with Gasteiger partial charge in [0.2, 0.25) is 0 Å².